The van der Waals surface area contributed by atoms with Crippen LogP contribution in [-0.2, 0) is 9.53 Å². The van der Waals surface area contributed by atoms with E-state index in [9.17, 15) is 4.79 Å². The monoisotopic (exact) mass is 334 g/mol. The third kappa shape index (κ3) is 4.17. The number of nitrogens with zero attached hydrogens (tertiary/aromatic N) is 3. The Kier molecular flexibility index (Phi) is 5.31. The number of hydrogen-bond acceptors (Lipinski definition) is 6. The van der Waals surface area contributed by atoms with Gasteiger partial charge in [0.05, 0.1) is 24.3 Å². The summed E-state index contributed by atoms with van der Waals surface area (Å²) in [5.74, 6) is 0.266. The fourth-order valence-electron chi connectivity index (χ4n) is 2.40. The van der Waals surface area contributed by atoms with Crippen molar-refractivity contribution in [2.75, 3.05) is 12.0 Å². The van der Waals surface area contributed by atoms with Crippen LogP contribution in [0.15, 0.2) is 66.0 Å². The number of hydrogen-bond donors (Lipinski definition) is 1. The topological polar surface area (TPSA) is 76.5 Å². The number of ether oxygens (including phenoxy) is 1. The van der Waals surface area contributed by atoms with Crippen molar-refractivity contribution in [3.8, 4) is 0 Å². The molecule has 3 rings (SSSR count). The van der Waals surface area contributed by atoms with Crippen molar-refractivity contribution in [2.45, 2.75) is 13.3 Å². The van der Waals surface area contributed by atoms with Crippen molar-refractivity contribution in [1.29, 1.82) is 0 Å². The molecule has 0 saturated heterocycles. The second kappa shape index (κ2) is 8.01. The largest absolute Gasteiger partial charge is 0.466 e. The molecule has 0 fully saturated rings. The molecule has 0 aliphatic heterocycles. The Hall–Kier alpha value is -3.28. The first kappa shape index (κ1) is 16.6. The normalized spacial score (nSPS) is 11.3. The van der Waals surface area contributed by atoms with E-state index in [0.29, 0.717) is 18.1 Å². The maximum Gasteiger partial charge on any atom is 0.311 e. The fraction of sp³-hybridized carbons (Fsp3) is 0.158. The van der Waals surface area contributed by atoms with Gasteiger partial charge in [0.15, 0.2) is 5.82 Å². The quantitative estimate of drug-likeness (QED) is 0.425. The maximum atomic E-state index is 11.9. The van der Waals surface area contributed by atoms with Crippen LogP contribution in [0.2, 0.25) is 0 Å². The molecule has 0 atom stereocenters. The number of nitrogens with one attached hydrogen (secondary N) is 1. The summed E-state index contributed by atoms with van der Waals surface area (Å²) < 4.78 is 5.04. The summed E-state index contributed by atoms with van der Waals surface area (Å²) in [6.07, 6.45) is 1.56. The van der Waals surface area contributed by atoms with Crippen molar-refractivity contribution in [3.05, 3.63) is 66.5 Å². The zero-order valence-corrected chi connectivity index (χ0v) is 13.8. The number of hydrazone groups is 1. The summed E-state index contributed by atoms with van der Waals surface area (Å²) in [7, 11) is 0. The second-order valence-corrected chi connectivity index (χ2v) is 5.26. The molecular formula is C19H18N4O2. The van der Waals surface area contributed by atoms with E-state index in [2.05, 4.69) is 20.5 Å². The standard InChI is InChI=1S/C19H18N4O2/c1-2-25-18(24)12-17(14-8-4-3-5-9-14)22-23-19-15-10-6-7-11-16(15)20-13-21-19/h3-11,13H,2,12H2,1H3,(H,20,21,23)/b22-17-. The summed E-state index contributed by atoms with van der Waals surface area (Å²) in [5, 5.41) is 5.27. The molecular weight excluding hydrogens is 316 g/mol. The lowest BCUT2D eigenvalue weighted by atomic mass is 10.1. The molecule has 1 aromatic heterocycles. The van der Waals surface area contributed by atoms with Gasteiger partial charge in [-0.25, -0.2) is 9.97 Å². The maximum absolute atomic E-state index is 11.9. The molecule has 2 aromatic carbocycles. The van der Waals surface area contributed by atoms with Crippen molar-refractivity contribution < 1.29 is 9.53 Å². The first-order valence-corrected chi connectivity index (χ1v) is 8.01. The number of benzene rings is 2. The van der Waals surface area contributed by atoms with Gasteiger partial charge in [-0.1, -0.05) is 42.5 Å². The van der Waals surface area contributed by atoms with Crippen LogP contribution in [0.1, 0.15) is 18.9 Å². The molecule has 6 nitrogen and oxygen atoms in total. The number of rotatable bonds is 6. The van der Waals surface area contributed by atoms with Crippen molar-refractivity contribution >= 4 is 28.4 Å². The summed E-state index contributed by atoms with van der Waals surface area (Å²) in [4.78, 5) is 20.4. The molecule has 25 heavy (non-hydrogen) atoms. The van der Waals surface area contributed by atoms with Crippen molar-refractivity contribution in [2.24, 2.45) is 5.10 Å². The Labute approximate surface area is 145 Å². The van der Waals surface area contributed by atoms with E-state index in [-0.39, 0.29) is 12.4 Å². The fourth-order valence-corrected chi connectivity index (χ4v) is 2.40. The predicted octanol–water partition coefficient (Wildman–Crippen LogP) is 3.40. The molecule has 0 radical (unpaired) electrons. The van der Waals surface area contributed by atoms with Crippen molar-refractivity contribution in [1.82, 2.24) is 9.97 Å². The van der Waals surface area contributed by atoms with Gasteiger partial charge in [0.25, 0.3) is 0 Å². The highest BCUT2D eigenvalue weighted by Gasteiger charge is 2.11. The Morgan fingerprint density at radius 2 is 1.84 bits per heavy atom. The van der Waals surface area contributed by atoms with Gasteiger partial charge >= 0.3 is 5.97 Å². The average Bonchev–Trinajstić information content (AvgIpc) is 2.66. The molecule has 1 heterocycles. The van der Waals surface area contributed by atoms with E-state index < -0.39 is 0 Å². The lowest BCUT2D eigenvalue weighted by molar-refractivity contribution is -0.141. The van der Waals surface area contributed by atoms with Crippen LogP contribution in [0.25, 0.3) is 10.9 Å². The highest BCUT2D eigenvalue weighted by atomic mass is 16.5. The van der Waals surface area contributed by atoms with Crippen LogP contribution >= 0.6 is 0 Å². The molecule has 0 aliphatic rings. The average molecular weight is 334 g/mol. The molecule has 1 N–H and O–H groups in total. The third-order valence-corrected chi connectivity index (χ3v) is 3.56. The first-order chi connectivity index (χ1) is 12.3. The number of carbonyl (C=O) groups is 1. The minimum Gasteiger partial charge on any atom is -0.466 e. The van der Waals surface area contributed by atoms with Gasteiger partial charge in [-0.2, -0.15) is 5.10 Å². The zero-order valence-electron chi connectivity index (χ0n) is 13.8. The Morgan fingerprint density at radius 3 is 2.64 bits per heavy atom. The number of carbonyl (C=O) groups excluding carboxylic acids is 1. The predicted molar refractivity (Wildman–Crippen MR) is 97.4 cm³/mol. The van der Waals surface area contributed by atoms with Crippen LogP contribution < -0.4 is 5.43 Å². The van der Waals surface area contributed by atoms with E-state index in [0.717, 1.165) is 16.5 Å². The minimum absolute atomic E-state index is 0.0773. The molecule has 0 unspecified atom stereocenters. The van der Waals surface area contributed by atoms with E-state index in [4.69, 9.17) is 4.74 Å². The Balaban J connectivity index is 1.91. The van der Waals surface area contributed by atoms with Gasteiger partial charge < -0.3 is 4.74 Å². The van der Waals surface area contributed by atoms with Crippen LogP contribution in [0.3, 0.4) is 0 Å². The summed E-state index contributed by atoms with van der Waals surface area (Å²) >= 11 is 0. The molecule has 0 saturated carbocycles. The van der Waals surface area contributed by atoms with Gasteiger partial charge in [-0.3, -0.25) is 10.2 Å². The summed E-state index contributed by atoms with van der Waals surface area (Å²) in [6.45, 7) is 2.12. The molecule has 0 amide bonds. The van der Waals surface area contributed by atoms with Gasteiger partial charge in [-0.05, 0) is 24.6 Å². The molecule has 126 valence electrons. The highest BCUT2D eigenvalue weighted by Crippen LogP contribution is 2.18. The second-order valence-electron chi connectivity index (χ2n) is 5.26. The Bertz CT molecular complexity index is 889. The molecule has 0 bridgehead atoms. The molecule has 0 aliphatic carbocycles. The number of esters is 1. The lowest BCUT2D eigenvalue weighted by Crippen LogP contribution is -2.14. The summed E-state index contributed by atoms with van der Waals surface area (Å²) in [5.41, 5.74) is 5.22. The van der Waals surface area contributed by atoms with Crippen molar-refractivity contribution in [3.63, 3.8) is 0 Å². The van der Waals surface area contributed by atoms with Gasteiger partial charge in [-0.15, -0.1) is 0 Å². The Morgan fingerprint density at radius 1 is 1.08 bits per heavy atom. The smallest absolute Gasteiger partial charge is 0.311 e. The van der Waals surface area contributed by atoms with E-state index in [1.807, 2.05) is 54.6 Å². The van der Waals surface area contributed by atoms with E-state index in [1.165, 1.54) is 6.33 Å². The minimum atomic E-state index is -0.320. The third-order valence-electron chi connectivity index (χ3n) is 3.56. The molecule has 3 aromatic rings. The number of anilines is 1. The van der Waals surface area contributed by atoms with Gasteiger partial charge in [0, 0.05) is 5.39 Å². The number of aromatic nitrogens is 2. The van der Waals surface area contributed by atoms with Crippen LogP contribution in [-0.4, -0.2) is 28.3 Å². The molecule has 0 spiro atoms. The lowest BCUT2D eigenvalue weighted by Gasteiger charge is -2.09. The summed E-state index contributed by atoms with van der Waals surface area (Å²) in [6, 6.07) is 17.2. The van der Waals surface area contributed by atoms with E-state index >= 15 is 0 Å². The van der Waals surface area contributed by atoms with E-state index in [1.54, 1.807) is 6.92 Å². The molecule has 6 heteroatoms. The first-order valence-electron chi connectivity index (χ1n) is 8.01. The highest BCUT2D eigenvalue weighted by molar-refractivity contribution is 6.09. The van der Waals surface area contributed by atoms with Gasteiger partial charge in [0.1, 0.15) is 6.33 Å². The number of para-hydroxylation sites is 1. The van der Waals surface area contributed by atoms with Crippen LogP contribution in [0.5, 0.6) is 0 Å². The van der Waals surface area contributed by atoms with Crippen LogP contribution in [0, 0.1) is 0 Å². The number of fused-ring (bicyclic) bond motifs is 1. The SMILES string of the molecule is CCOC(=O)C/C(=N/Nc1ncnc2ccccc12)c1ccccc1. The zero-order chi connectivity index (χ0) is 17.5. The van der Waals surface area contributed by atoms with Gasteiger partial charge in [0.2, 0.25) is 0 Å². The van der Waals surface area contributed by atoms with Crippen LogP contribution in [0.4, 0.5) is 5.82 Å².